The Morgan fingerprint density at radius 3 is 2.50 bits per heavy atom. The minimum Gasteiger partial charge on any atom is -0.474 e. The van der Waals surface area contributed by atoms with Gasteiger partial charge >= 0.3 is 0 Å². The van der Waals surface area contributed by atoms with Gasteiger partial charge in [-0.2, -0.15) is 4.98 Å². The number of nitrogens with one attached hydrogen (secondary N) is 1. The van der Waals surface area contributed by atoms with Crippen LogP contribution in [0.4, 0.5) is 0 Å². The summed E-state index contributed by atoms with van der Waals surface area (Å²) in [4.78, 5) is 21.7. The number of carbonyl (C=O) groups excluding carboxylic acids is 1. The van der Waals surface area contributed by atoms with E-state index in [2.05, 4.69) is 15.3 Å². The summed E-state index contributed by atoms with van der Waals surface area (Å²) in [6.45, 7) is 7.73. The number of aromatic nitrogens is 2. The van der Waals surface area contributed by atoms with Crippen LogP contribution in [0, 0.1) is 11.8 Å². The van der Waals surface area contributed by atoms with Gasteiger partial charge in [0.1, 0.15) is 17.5 Å². The monoisotopic (exact) mass is 407 g/mol. The molecule has 154 valence electrons. The van der Waals surface area contributed by atoms with Crippen LogP contribution in [0.15, 0.2) is 17.7 Å². The van der Waals surface area contributed by atoms with Gasteiger partial charge in [-0.15, -0.1) is 0 Å². The highest BCUT2D eigenvalue weighted by atomic mass is 32.2. The van der Waals surface area contributed by atoms with E-state index in [0.29, 0.717) is 11.7 Å². The van der Waals surface area contributed by atoms with Crippen LogP contribution >= 0.6 is 0 Å². The van der Waals surface area contributed by atoms with E-state index in [1.54, 1.807) is 6.92 Å². The minimum absolute atomic E-state index is 0.0839. The molecule has 3 rings (SSSR count). The Morgan fingerprint density at radius 1 is 1.29 bits per heavy atom. The van der Waals surface area contributed by atoms with E-state index in [4.69, 9.17) is 4.74 Å². The third kappa shape index (κ3) is 5.31. The summed E-state index contributed by atoms with van der Waals surface area (Å²) in [5.41, 5.74) is 0.00405. The molecule has 1 aromatic rings. The first kappa shape index (κ1) is 20.8. The van der Waals surface area contributed by atoms with Crippen molar-refractivity contribution in [2.75, 3.05) is 6.26 Å². The quantitative estimate of drug-likeness (QED) is 0.778. The van der Waals surface area contributed by atoms with E-state index in [0.717, 1.165) is 36.3 Å². The van der Waals surface area contributed by atoms with Crippen LogP contribution in [0.25, 0.3) is 0 Å². The average Bonchev–Trinajstić information content (AvgIpc) is 3.18. The number of sulfone groups is 1. The molecular weight excluding hydrogens is 378 g/mol. The second-order valence-electron chi connectivity index (χ2n) is 9.05. The number of rotatable bonds is 6. The molecule has 1 heterocycles. The van der Waals surface area contributed by atoms with Crippen LogP contribution in [-0.2, 0) is 15.3 Å². The summed E-state index contributed by atoms with van der Waals surface area (Å²) >= 11 is 0. The summed E-state index contributed by atoms with van der Waals surface area (Å²) < 4.78 is 28.7. The second kappa shape index (κ2) is 7.46. The molecule has 0 radical (unpaired) electrons. The van der Waals surface area contributed by atoms with Gasteiger partial charge in [0.05, 0.1) is 0 Å². The van der Waals surface area contributed by atoms with E-state index in [9.17, 15) is 13.2 Å². The van der Waals surface area contributed by atoms with E-state index in [-0.39, 0.29) is 23.0 Å². The lowest BCUT2D eigenvalue weighted by Gasteiger charge is -2.21. The average molecular weight is 408 g/mol. The Labute approximate surface area is 166 Å². The maximum absolute atomic E-state index is 12.8. The van der Waals surface area contributed by atoms with Crippen molar-refractivity contribution in [3.05, 3.63) is 29.1 Å². The maximum atomic E-state index is 12.8. The van der Waals surface area contributed by atoms with Crippen LogP contribution < -0.4 is 10.1 Å². The molecule has 2 aliphatic rings. The zero-order valence-corrected chi connectivity index (χ0v) is 17.9. The molecule has 0 aliphatic heterocycles. The molecule has 1 N–H and O–H groups in total. The summed E-state index contributed by atoms with van der Waals surface area (Å²) in [7, 11) is -3.25. The highest BCUT2D eigenvalue weighted by Gasteiger charge is 2.47. The van der Waals surface area contributed by atoms with Crippen molar-refractivity contribution in [2.24, 2.45) is 11.8 Å². The van der Waals surface area contributed by atoms with Gasteiger partial charge in [0.2, 0.25) is 5.88 Å². The molecule has 2 saturated carbocycles. The molecule has 2 aliphatic carbocycles. The number of nitrogens with zero attached hydrogens (tertiary/aromatic N) is 2. The van der Waals surface area contributed by atoms with Crippen LogP contribution in [0.1, 0.15) is 63.1 Å². The van der Waals surface area contributed by atoms with Crippen molar-refractivity contribution in [3.8, 4) is 5.88 Å². The SMILES string of the molecule is C[C@@H](/C=C/S(C)(=O)=O)NC(=O)c1cnc(C(C)(C)C)nc1O[C@@H]1C[C@@H]2C[C@@H]2C1. The lowest BCUT2D eigenvalue weighted by molar-refractivity contribution is 0.0936. The molecule has 0 unspecified atom stereocenters. The third-order valence-electron chi connectivity index (χ3n) is 5.12. The standard InChI is InChI=1S/C20H29N3O4S/c1-12(6-7-28(5,25)26)22-17(24)16-11-21-19(20(2,3)4)23-18(16)27-15-9-13-8-14(13)10-15/h6-7,11-15H,8-10H2,1-5H3,(H,22,24)/b7-6+/t12-,13-,14+,15+/m0/s1. The molecule has 0 bridgehead atoms. The van der Waals surface area contributed by atoms with Crippen LogP contribution in [-0.4, -0.2) is 42.7 Å². The molecule has 28 heavy (non-hydrogen) atoms. The van der Waals surface area contributed by atoms with Crippen molar-refractivity contribution < 1.29 is 17.9 Å². The Balaban J connectivity index is 1.79. The molecule has 1 amide bonds. The first-order chi connectivity index (χ1) is 12.9. The maximum Gasteiger partial charge on any atom is 0.258 e. The fourth-order valence-corrected chi connectivity index (χ4v) is 4.00. The number of amides is 1. The molecule has 1 aromatic heterocycles. The highest BCUT2D eigenvalue weighted by molar-refractivity contribution is 7.93. The molecule has 2 fully saturated rings. The molecule has 8 heteroatoms. The van der Waals surface area contributed by atoms with Gasteiger partial charge < -0.3 is 10.1 Å². The second-order valence-corrected chi connectivity index (χ2v) is 11.0. The zero-order valence-electron chi connectivity index (χ0n) is 17.1. The molecule has 0 saturated heterocycles. The van der Waals surface area contributed by atoms with Gasteiger partial charge in [0, 0.05) is 29.3 Å². The Hall–Kier alpha value is -1.96. The molecular formula is C20H29N3O4S. The third-order valence-corrected chi connectivity index (χ3v) is 5.77. The molecule has 4 atom stereocenters. The largest absolute Gasteiger partial charge is 0.474 e. The summed E-state index contributed by atoms with van der Waals surface area (Å²) in [6, 6.07) is -0.462. The normalized spacial score (nSPS) is 25.4. The molecule has 0 spiro atoms. The zero-order chi connectivity index (χ0) is 20.7. The van der Waals surface area contributed by atoms with E-state index < -0.39 is 15.9 Å². The molecule has 7 nitrogen and oxygen atoms in total. The predicted molar refractivity (Wildman–Crippen MR) is 107 cm³/mol. The van der Waals surface area contributed by atoms with E-state index in [1.807, 2.05) is 20.8 Å². The van der Waals surface area contributed by atoms with Gasteiger partial charge in [-0.1, -0.05) is 26.8 Å². The van der Waals surface area contributed by atoms with Crippen molar-refractivity contribution in [1.29, 1.82) is 0 Å². The Bertz CT molecular complexity index is 879. The number of hydrogen-bond donors (Lipinski definition) is 1. The van der Waals surface area contributed by atoms with E-state index >= 15 is 0 Å². The number of carbonyl (C=O) groups is 1. The number of ether oxygens (including phenoxy) is 1. The van der Waals surface area contributed by atoms with Gasteiger partial charge in [-0.25, -0.2) is 13.4 Å². The minimum atomic E-state index is -3.25. The summed E-state index contributed by atoms with van der Waals surface area (Å²) in [5.74, 6) is 2.05. The number of hydrogen-bond acceptors (Lipinski definition) is 6. The Morgan fingerprint density at radius 2 is 1.93 bits per heavy atom. The topological polar surface area (TPSA) is 98.2 Å². The Kier molecular flexibility index (Phi) is 5.53. The highest BCUT2D eigenvalue weighted by Crippen LogP contribution is 2.52. The van der Waals surface area contributed by atoms with Gasteiger partial charge in [-0.05, 0) is 38.0 Å². The lowest BCUT2D eigenvalue weighted by atomic mass is 9.95. The van der Waals surface area contributed by atoms with E-state index in [1.165, 1.54) is 18.7 Å². The molecule has 0 aromatic carbocycles. The van der Waals surface area contributed by atoms with Crippen LogP contribution in [0.2, 0.25) is 0 Å². The lowest BCUT2D eigenvalue weighted by Crippen LogP contribution is -2.32. The predicted octanol–water partition coefficient (Wildman–Crippen LogP) is 2.63. The fourth-order valence-electron chi connectivity index (χ4n) is 3.48. The smallest absolute Gasteiger partial charge is 0.258 e. The first-order valence-electron chi connectivity index (χ1n) is 9.65. The fraction of sp³-hybridized carbons (Fsp3) is 0.650. The first-order valence-corrected chi connectivity index (χ1v) is 11.6. The van der Waals surface area contributed by atoms with Gasteiger partial charge in [0.25, 0.3) is 5.91 Å². The summed E-state index contributed by atoms with van der Waals surface area (Å²) in [6.07, 6.45) is 7.43. The number of fused-ring (bicyclic) bond motifs is 1. The van der Waals surface area contributed by atoms with Crippen molar-refractivity contribution in [1.82, 2.24) is 15.3 Å². The van der Waals surface area contributed by atoms with Crippen molar-refractivity contribution >= 4 is 15.7 Å². The van der Waals surface area contributed by atoms with Gasteiger partial charge in [-0.3, -0.25) is 4.79 Å². The van der Waals surface area contributed by atoms with Crippen LogP contribution in [0.5, 0.6) is 5.88 Å². The van der Waals surface area contributed by atoms with Crippen LogP contribution in [0.3, 0.4) is 0 Å². The van der Waals surface area contributed by atoms with Crippen molar-refractivity contribution in [2.45, 2.75) is 64.5 Å². The van der Waals surface area contributed by atoms with Crippen molar-refractivity contribution in [3.63, 3.8) is 0 Å². The van der Waals surface area contributed by atoms with Gasteiger partial charge in [0.15, 0.2) is 9.84 Å². The summed E-state index contributed by atoms with van der Waals surface area (Å²) in [5, 5.41) is 3.84.